The molecule has 8 amide bonds. The Balaban J connectivity index is 0.000000176. The molecule has 8 aromatic carbocycles. The van der Waals surface area contributed by atoms with E-state index < -0.39 is 117 Å². The molecule has 0 fully saturated rings. The summed E-state index contributed by atoms with van der Waals surface area (Å²) in [5.74, 6) is -9.19. The standard InChI is InChI=1S/4C18H17NO4.2Rh/c4*1-18(2,3)14(17(22)23)19-15(20)11-8-4-6-10-7-5-9-12(13(10)11)16(19)21;;/h4*4-9,14H,1-3H3,(H,22,23);;/t4*14-;;/m1111../s1. The molecule has 2 radical (unpaired) electrons. The Morgan fingerprint density at radius 2 is 0.372 bits per heavy atom. The molecule has 0 aliphatic carbocycles. The van der Waals surface area contributed by atoms with Gasteiger partial charge in [-0.2, -0.15) is 0 Å². The number of carbonyl (C=O) groups excluding carboxylic acids is 8. The minimum absolute atomic E-state index is 0. The number of hydrogen-bond acceptors (Lipinski definition) is 12. The van der Waals surface area contributed by atoms with Crippen LogP contribution in [0.1, 0.15) is 166 Å². The molecule has 4 aliphatic rings. The minimum Gasteiger partial charge on any atom is -0.480 e. The van der Waals surface area contributed by atoms with Gasteiger partial charge in [0.05, 0.1) is 0 Å². The summed E-state index contributed by atoms with van der Waals surface area (Å²) in [6.07, 6.45) is 0. The molecule has 20 nitrogen and oxygen atoms in total. The smallest absolute Gasteiger partial charge is 0.327 e. The molecule has 22 heteroatoms. The number of carbonyl (C=O) groups is 12. The average Bonchev–Trinajstić information content (AvgIpc) is 0.761. The van der Waals surface area contributed by atoms with Crippen molar-refractivity contribution in [1.29, 1.82) is 0 Å². The van der Waals surface area contributed by atoms with Crippen molar-refractivity contribution in [1.82, 2.24) is 19.6 Å². The van der Waals surface area contributed by atoms with Gasteiger partial charge in [0.15, 0.2) is 0 Å². The van der Waals surface area contributed by atoms with Crippen LogP contribution < -0.4 is 0 Å². The van der Waals surface area contributed by atoms with Crippen molar-refractivity contribution in [3.05, 3.63) is 190 Å². The number of hydrogen-bond donors (Lipinski definition) is 4. The molecule has 0 bridgehead atoms. The zero-order valence-electron chi connectivity index (χ0n) is 53.3. The van der Waals surface area contributed by atoms with Crippen molar-refractivity contribution >= 4 is 114 Å². The van der Waals surface area contributed by atoms with E-state index in [1.54, 1.807) is 180 Å². The predicted molar refractivity (Wildman–Crippen MR) is 341 cm³/mol. The third-order valence-corrected chi connectivity index (χ3v) is 16.5. The largest absolute Gasteiger partial charge is 0.480 e. The Bertz CT molecular complexity index is 3770. The second kappa shape index (κ2) is 26.5. The number of imide groups is 4. The summed E-state index contributed by atoms with van der Waals surface area (Å²) in [7, 11) is 0. The number of rotatable bonds is 8. The molecule has 0 saturated heterocycles. The van der Waals surface area contributed by atoms with Crippen LogP contribution in [0.25, 0.3) is 43.1 Å². The quantitative estimate of drug-likeness (QED) is 0.0812. The first-order valence-corrected chi connectivity index (χ1v) is 29.4. The molecule has 4 N–H and O–H groups in total. The van der Waals surface area contributed by atoms with E-state index in [9.17, 15) is 78.0 Å². The summed E-state index contributed by atoms with van der Waals surface area (Å²) in [6.45, 7) is 20.4. The zero-order valence-corrected chi connectivity index (χ0v) is 56.6. The molecular formula is C72H68N4O16Rh2. The first kappa shape index (κ1) is 71.9. The van der Waals surface area contributed by atoms with E-state index in [4.69, 9.17) is 0 Å². The van der Waals surface area contributed by atoms with Crippen molar-refractivity contribution in [2.45, 2.75) is 107 Å². The van der Waals surface area contributed by atoms with Crippen LogP contribution in [-0.2, 0) is 58.1 Å². The van der Waals surface area contributed by atoms with Crippen LogP contribution in [-0.4, -0.2) is 135 Å². The van der Waals surface area contributed by atoms with Gasteiger partial charge < -0.3 is 20.4 Å². The van der Waals surface area contributed by atoms with Crippen LogP contribution in [0.2, 0.25) is 0 Å². The van der Waals surface area contributed by atoms with Gasteiger partial charge in [-0.05, 0) is 91.7 Å². The maximum absolute atomic E-state index is 12.8. The third kappa shape index (κ3) is 12.8. The SMILES string of the molecule is CC(C)(C)[C@@H](C(=O)O)N1C(=O)c2cccc3cccc(c23)C1=O.CC(C)(C)[C@@H](C(=O)O)N1C(=O)c2cccc3cccc(c23)C1=O.CC(C)(C)[C@@H](C(=O)O)N1C(=O)c2cccc3cccc(c23)C1=O.CC(C)(C)[C@@H](C(=O)O)N1C(=O)c2cccc3cccc(c23)C1=O.[Rh].[Rh]. The van der Waals surface area contributed by atoms with Crippen LogP contribution in [0, 0.1) is 21.7 Å². The number of carboxylic acid groups (broad SMARTS) is 4. The maximum Gasteiger partial charge on any atom is 0.327 e. The van der Waals surface area contributed by atoms with Crippen molar-refractivity contribution < 1.29 is 117 Å². The summed E-state index contributed by atoms with van der Waals surface area (Å²) in [6, 6.07) is 36.7. The summed E-state index contributed by atoms with van der Waals surface area (Å²) in [4.78, 5) is 153. The van der Waals surface area contributed by atoms with Crippen LogP contribution in [0.15, 0.2) is 146 Å². The molecule has 8 aromatic rings. The van der Waals surface area contributed by atoms with Crippen molar-refractivity contribution in [2.75, 3.05) is 0 Å². The van der Waals surface area contributed by atoms with Crippen LogP contribution >= 0.6 is 0 Å². The van der Waals surface area contributed by atoms with Gasteiger partial charge in [0.25, 0.3) is 47.3 Å². The topological polar surface area (TPSA) is 299 Å². The van der Waals surface area contributed by atoms with Crippen LogP contribution in [0.5, 0.6) is 0 Å². The van der Waals surface area contributed by atoms with E-state index in [0.717, 1.165) is 41.1 Å². The fourth-order valence-electron chi connectivity index (χ4n) is 12.6. The minimum atomic E-state index is -1.23. The van der Waals surface area contributed by atoms with Gasteiger partial charge in [0.2, 0.25) is 0 Å². The second-order valence-corrected chi connectivity index (χ2v) is 27.2. The first-order valence-electron chi connectivity index (χ1n) is 29.4. The second-order valence-electron chi connectivity index (χ2n) is 27.2. The summed E-state index contributed by atoms with van der Waals surface area (Å²) in [5.41, 5.74) is -0.172. The number of benzene rings is 8. The monoisotopic (exact) mass is 1450 g/mol. The van der Waals surface area contributed by atoms with Crippen molar-refractivity contribution in [3.63, 3.8) is 0 Å². The number of aliphatic carboxylic acids is 4. The van der Waals surface area contributed by atoms with Crippen LogP contribution in [0.4, 0.5) is 0 Å². The van der Waals surface area contributed by atoms with E-state index in [0.29, 0.717) is 66.1 Å². The van der Waals surface area contributed by atoms with Gasteiger partial charge in [-0.1, -0.05) is 180 Å². The molecule has 0 unspecified atom stereocenters. The molecule has 0 aromatic heterocycles. The van der Waals surface area contributed by atoms with Crippen LogP contribution in [0.3, 0.4) is 0 Å². The Morgan fingerprint density at radius 1 is 0.255 bits per heavy atom. The molecule has 12 rings (SSSR count). The van der Waals surface area contributed by atoms with Crippen molar-refractivity contribution in [2.24, 2.45) is 21.7 Å². The maximum atomic E-state index is 12.8. The van der Waals surface area contributed by atoms with Gasteiger partial charge in [-0.25, -0.2) is 19.2 Å². The summed E-state index contributed by atoms with van der Waals surface area (Å²) < 4.78 is 0. The summed E-state index contributed by atoms with van der Waals surface area (Å²) >= 11 is 0. The molecule has 0 saturated carbocycles. The predicted octanol–water partition coefficient (Wildman–Crippen LogP) is 11.7. The van der Waals surface area contributed by atoms with Crippen molar-refractivity contribution in [3.8, 4) is 0 Å². The van der Waals surface area contributed by atoms with E-state index in [1.165, 1.54) is 0 Å². The number of amides is 8. The summed E-state index contributed by atoms with van der Waals surface area (Å²) in [5, 5.41) is 43.9. The average molecular weight is 1450 g/mol. The molecule has 4 atom stereocenters. The molecule has 0 spiro atoms. The normalized spacial score (nSPS) is 15.5. The zero-order chi connectivity index (χ0) is 67.8. The number of nitrogens with zero attached hydrogens (tertiary/aromatic N) is 4. The molecule has 490 valence electrons. The molecule has 94 heavy (non-hydrogen) atoms. The van der Waals surface area contributed by atoms with Gasteiger partial charge in [-0.3, -0.25) is 58.0 Å². The molecule has 4 heterocycles. The van der Waals surface area contributed by atoms with E-state index in [-0.39, 0.29) is 39.0 Å². The number of carboxylic acids is 4. The fraction of sp³-hybridized carbons (Fsp3) is 0.278. The fourth-order valence-corrected chi connectivity index (χ4v) is 12.6. The molecular weight excluding hydrogens is 1380 g/mol. The third-order valence-electron chi connectivity index (χ3n) is 16.5. The van der Waals surface area contributed by atoms with Gasteiger partial charge in [-0.15, -0.1) is 0 Å². The first-order chi connectivity index (χ1) is 42.9. The Kier molecular flexibility index (Phi) is 20.3. The van der Waals surface area contributed by atoms with E-state index in [2.05, 4.69) is 0 Å². The van der Waals surface area contributed by atoms with Gasteiger partial charge in [0.1, 0.15) is 24.2 Å². The van der Waals surface area contributed by atoms with Gasteiger partial charge >= 0.3 is 23.9 Å². The Labute approximate surface area is 566 Å². The molecule has 4 aliphatic heterocycles. The van der Waals surface area contributed by atoms with E-state index in [1.807, 2.05) is 48.5 Å². The Hall–Kier alpha value is -9.51. The van der Waals surface area contributed by atoms with E-state index >= 15 is 0 Å². The Morgan fingerprint density at radius 3 is 0.468 bits per heavy atom. The van der Waals surface area contributed by atoms with Gasteiger partial charge in [0, 0.05) is 105 Å².